The van der Waals surface area contributed by atoms with Gasteiger partial charge in [-0.15, -0.1) is 0 Å². The molecule has 0 bridgehead atoms. The molecule has 0 radical (unpaired) electrons. The molecule has 342 valence electrons. The van der Waals surface area contributed by atoms with E-state index in [1.807, 2.05) is 25.6 Å². The van der Waals surface area contributed by atoms with E-state index >= 15 is 0 Å². The number of hydrogen-bond donors (Lipinski definition) is 11. The van der Waals surface area contributed by atoms with Crippen molar-refractivity contribution in [3.05, 3.63) is 0 Å². The van der Waals surface area contributed by atoms with E-state index in [-0.39, 0.29) is 75.0 Å². The molecule has 0 spiro atoms. The van der Waals surface area contributed by atoms with Crippen molar-refractivity contribution in [1.29, 1.82) is 0 Å². The fourth-order valence-electron chi connectivity index (χ4n) is 7.58. The number of thioether (sulfide) groups is 1. The highest BCUT2D eigenvalue weighted by Crippen LogP contribution is 2.33. The van der Waals surface area contributed by atoms with Gasteiger partial charge in [0.2, 0.25) is 53.2 Å². The summed E-state index contributed by atoms with van der Waals surface area (Å²) in [5.41, 5.74) is 12.3. The standard InChI is InChI=1S/C38H63N11O11S/c1-21(2)16-22(17-30(52)48-60)35(56)45-24(12-13-28(39)50)37(58)49-15-7-9-26(49)36(57)43-18-31(53)42-19-32(54)44-23(34(40)55)8-5-6-14-41-29(51)11-4-3-10-27-33-25(20-61-27)46-38(59)47-33/h21-27,33,60H,3-20H2,1-2H3,(H2,39,50)(H2,40,55)(H,41,51)(H,42,53)(H,43,57)(H,44,54)(H,45,56)(H,48,52)(H2,46,47,59)/t22?,23-,24-,25-,26-,27-,33-/m0/s1. The van der Waals surface area contributed by atoms with Crippen molar-refractivity contribution >= 4 is 71.0 Å². The lowest BCUT2D eigenvalue weighted by molar-refractivity contribution is -0.143. The molecule has 7 atom stereocenters. The zero-order chi connectivity index (χ0) is 45.1. The summed E-state index contributed by atoms with van der Waals surface area (Å²) < 4.78 is 0. The maximum absolute atomic E-state index is 13.7. The molecule has 0 saturated carbocycles. The van der Waals surface area contributed by atoms with Crippen LogP contribution in [-0.2, 0) is 43.2 Å². The molecule has 0 aromatic carbocycles. The van der Waals surface area contributed by atoms with Crippen LogP contribution in [0.4, 0.5) is 4.79 Å². The maximum Gasteiger partial charge on any atom is 0.315 e. The Labute approximate surface area is 359 Å². The van der Waals surface area contributed by atoms with Gasteiger partial charge < -0.3 is 53.6 Å². The number of fused-ring (bicyclic) bond motifs is 1. The van der Waals surface area contributed by atoms with Crippen LogP contribution in [0, 0.1) is 11.8 Å². The number of carbonyl (C=O) groups is 10. The maximum atomic E-state index is 13.7. The predicted octanol–water partition coefficient (Wildman–Crippen LogP) is -2.50. The van der Waals surface area contributed by atoms with Crippen molar-refractivity contribution in [2.75, 3.05) is 31.9 Å². The number of hydrogen-bond acceptors (Lipinski definition) is 12. The Morgan fingerprint density at radius 2 is 1.57 bits per heavy atom. The normalized spacial score (nSPS) is 20.6. The van der Waals surface area contributed by atoms with Gasteiger partial charge in [0, 0.05) is 49.3 Å². The highest BCUT2D eigenvalue weighted by molar-refractivity contribution is 8.00. The molecule has 61 heavy (non-hydrogen) atoms. The Morgan fingerprint density at radius 3 is 2.26 bits per heavy atom. The summed E-state index contributed by atoms with van der Waals surface area (Å²) in [6.45, 7) is 3.12. The third-order valence-corrected chi connectivity index (χ3v) is 12.2. The molecule has 3 aliphatic rings. The van der Waals surface area contributed by atoms with E-state index in [2.05, 4.69) is 37.2 Å². The topological polar surface area (TPSA) is 342 Å². The highest BCUT2D eigenvalue weighted by atomic mass is 32.2. The van der Waals surface area contributed by atoms with Crippen LogP contribution in [0.15, 0.2) is 0 Å². The molecule has 0 aromatic rings. The van der Waals surface area contributed by atoms with Gasteiger partial charge in [-0.25, -0.2) is 10.3 Å². The number of primary amides is 2. The minimum absolute atomic E-state index is 0.0175. The molecule has 13 N–H and O–H groups in total. The number of unbranched alkanes of at least 4 members (excludes halogenated alkanes) is 2. The van der Waals surface area contributed by atoms with Crippen LogP contribution in [0.25, 0.3) is 0 Å². The van der Waals surface area contributed by atoms with E-state index in [1.165, 1.54) is 10.4 Å². The first-order valence-electron chi connectivity index (χ1n) is 20.9. The lowest BCUT2D eigenvalue weighted by atomic mass is 9.92. The summed E-state index contributed by atoms with van der Waals surface area (Å²) >= 11 is 1.83. The monoisotopic (exact) mass is 881 g/mol. The van der Waals surface area contributed by atoms with Crippen LogP contribution in [0.5, 0.6) is 0 Å². The minimum Gasteiger partial charge on any atom is -0.370 e. The molecular weight excluding hydrogens is 819 g/mol. The molecule has 3 heterocycles. The quantitative estimate of drug-likeness (QED) is 0.0177. The third kappa shape index (κ3) is 17.4. The smallest absolute Gasteiger partial charge is 0.315 e. The number of amides is 11. The second kappa shape index (κ2) is 25.6. The molecule has 3 saturated heterocycles. The van der Waals surface area contributed by atoms with E-state index in [0.29, 0.717) is 37.5 Å². The van der Waals surface area contributed by atoms with Crippen LogP contribution in [0.2, 0.25) is 0 Å². The molecule has 22 nitrogen and oxygen atoms in total. The zero-order valence-corrected chi connectivity index (χ0v) is 35.7. The molecule has 11 amide bonds. The fourth-order valence-corrected chi connectivity index (χ4v) is 9.12. The van der Waals surface area contributed by atoms with Crippen molar-refractivity contribution < 1.29 is 53.2 Å². The van der Waals surface area contributed by atoms with Gasteiger partial charge in [-0.05, 0) is 63.7 Å². The van der Waals surface area contributed by atoms with Crippen molar-refractivity contribution in [1.82, 2.24) is 47.6 Å². The van der Waals surface area contributed by atoms with Crippen molar-refractivity contribution in [2.45, 2.75) is 133 Å². The van der Waals surface area contributed by atoms with Crippen LogP contribution < -0.4 is 54.2 Å². The van der Waals surface area contributed by atoms with Crippen molar-refractivity contribution in [3.63, 3.8) is 0 Å². The van der Waals surface area contributed by atoms with Gasteiger partial charge in [-0.3, -0.25) is 48.4 Å². The van der Waals surface area contributed by atoms with Gasteiger partial charge in [-0.2, -0.15) is 11.8 Å². The van der Waals surface area contributed by atoms with Gasteiger partial charge >= 0.3 is 6.03 Å². The van der Waals surface area contributed by atoms with Gasteiger partial charge in [0.25, 0.3) is 0 Å². The number of nitrogens with one attached hydrogen (secondary N) is 8. The van der Waals surface area contributed by atoms with Crippen molar-refractivity contribution in [3.8, 4) is 0 Å². The van der Waals surface area contributed by atoms with E-state index in [0.717, 1.165) is 25.0 Å². The number of rotatable bonds is 27. The largest absolute Gasteiger partial charge is 0.370 e. The number of likely N-dealkylation sites (tertiary alicyclic amines) is 1. The second-order valence-corrected chi connectivity index (χ2v) is 17.3. The van der Waals surface area contributed by atoms with E-state index in [4.69, 9.17) is 16.7 Å². The highest BCUT2D eigenvalue weighted by Gasteiger charge is 2.43. The van der Waals surface area contributed by atoms with Crippen LogP contribution >= 0.6 is 11.8 Å². The lowest BCUT2D eigenvalue weighted by Gasteiger charge is -2.29. The SMILES string of the molecule is CC(C)CC(CC(=O)NO)C(=O)N[C@@H](CCC(N)=O)C(=O)N1CCC[C@H]1C(=O)NCC(=O)NCC(=O)N[C@@H](CCCCNC(=O)CCCC[C@@H]1SC[C@@H]2NC(=O)N[C@@H]21)C(N)=O. The fraction of sp³-hybridized carbons (Fsp3) is 0.737. The zero-order valence-electron chi connectivity index (χ0n) is 34.9. The Kier molecular flexibility index (Phi) is 21.0. The van der Waals surface area contributed by atoms with Gasteiger partial charge in [-0.1, -0.05) is 20.3 Å². The molecular formula is C38H63N11O11S. The Bertz CT molecular complexity index is 1600. The number of urea groups is 1. The number of hydroxylamine groups is 1. The first kappa shape index (κ1) is 50.2. The molecule has 3 aliphatic heterocycles. The Hall–Kier alpha value is -5.19. The van der Waals surface area contributed by atoms with Crippen molar-refractivity contribution in [2.24, 2.45) is 23.3 Å². The van der Waals surface area contributed by atoms with Crippen LogP contribution in [0.3, 0.4) is 0 Å². The summed E-state index contributed by atoms with van der Waals surface area (Å²) in [7, 11) is 0. The Morgan fingerprint density at radius 1 is 0.836 bits per heavy atom. The molecule has 3 rings (SSSR count). The first-order valence-corrected chi connectivity index (χ1v) is 21.9. The molecule has 0 aromatic heterocycles. The van der Waals surface area contributed by atoms with E-state index < -0.39 is 84.4 Å². The second-order valence-electron chi connectivity index (χ2n) is 16.1. The van der Waals surface area contributed by atoms with Gasteiger partial charge in [0.1, 0.15) is 18.1 Å². The minimum atomic E-state index is -1.26. The van der Waals surface area contributed by atoms with Gasteiger partial charge in [0.05, 0.1) is 25.2 Å². The summed E-state index contributed by atoms with van der Waals surface area (Å²) in [4.78, 5) is 126. The molecule has 0 aliphatic carbocycles. The molecule has 1 unspecified atom stereocenters. The average molecular weight is 882 g/mol. The number of nitrogens with zero attached hydrogens (tertiary/aromatic N) is 1. The lowest BCUT2D eigenvalue weighted by Crippen LogP contribution is -2.55. The summed E-state index contributed by atoms with van der Waals surface area (Å²) in [6.07, 6.45) is 4.24. The van der Waals surface area contributed by atoms with E-state index in [9.17, 15) is 47.9 Å². The third-order valence-electron chi connectivity index (χ3n) is 10.7. The summed E-state index contributed by atoms with van der Waals surface area (Å²) in [5, 5.41) is 27.9. The number of carbonyl (C=O) groups excluding carboxylic acids is 10. The number of nitrogens with two attached hydrogens (primary N) is 2. The Balaban J connectivity index is 1.36. The molecule has 3 fully saturated rings. The van der Waals surface area contributed by atoms with E-state index in [1.54, 1.807) is 0 Å². The first-order chi connectivity index (χ1) is 29.0. The van der Waals surface area contributed by atoms with Crippen LogP contribution in [0.1, 0.15) is 97.3 Å². The average Bonchev–Trinajstić information content (AvgIpc) is 3.94. The predicted molar refractivity (Wildman–Crippen MR) is 221 cm³/mol. The van der Waals surface area contributed by atoms with Crippen LogP contribution in [-0.4, -0.2) is 137 Å². The van der Waals surface area contributed by atoms with Gasteiger partial charge in [0.15, 0.2) is 0 Å². The summed E-state index contributed by atoms with van der Waals surface area (Å²) in [5.74, 6) is -5.80. The summed E-state index contributed by atoms with van der Waals surface area (Å²) in [6, 6.07) is -3.11. The molecule has 23 heteroatoms.